The van der Waals surface area contributed by atoms with Crippen LogP contribution >= 0.6 is 11.3 Å². The summed E-state index contributed by atoms with van der Waals surface area (Å²) in [5, 5.41) is 3.17. The number of nitrogens with zero attached hydrogens (tertiary/aromatic N) is 4. The van der Waals surface area contributed by atoms with Crippen molar-refractivity contribution in [3.8, 4) is 0 Å². The molecule has 0 N–H and O–H groups in total. The van der Waals surface area contributed by atoms with Gasteiger partial charge in [-0.2, -0.15) is 0 Å². The molecule has 1 aromatic heterocycles. The molecule has 28 heavy (non-hydrogen) atoms. The summed E-state index contributed by atoms with van der Waals surface area (Å²) >= 11 is 1.68. The summed E-state index contributed by atoms with van der Waals surface area (Å²) in [7, 11) is 0. The molecule has 0 unspecified atom stereocenters. The Balaban J connectivity index is 1.26. The Hall–Kier alpha value is -2.03. The van der Waals surface area contributed by atoms with E-state index in [1.165, 1.54) is 12.1 Å². The first kappa shape index (κ1) is 19.3. The fourth-order valence-corrected chi connectivity index (χ4v) is 4.41. The van der Waals surface area contributed by atoms with Crippen molar-refractivity contribution in [2.75, 3.05) is 57.4 Å². The second-order valence-electron chi connectivity index (χ2n) is 7.18. The van der Waals surface area contributed by atoms with Crippen LogP contribution in [0.3, 0.4) is 0 Å². The fraction of sp³-hybridized carbons (Fsp3) is 0.500. The molecule has 6 nitrogen and oxygen atoms in total. The molecule has 0 spiro atoms. The highest BCUT2D eigenvalue weighted by Gasteiger charge is 2.23. The molecule has 3 heterocycles. The number of carbonyl (C=O) groups excluding carboxylic acids is 1. The first-order valence-corrected chi connectivity index (χ1v) is 10.6. The number of amides is 1. The van der Waals surface area contributed by atoms with E-state index in [4.69, 9.17) is 9.72 Å². The molecule has 150 valence electrons. The standard InChI is InChI=1S/C20H25FN4O2S/c21-17-3-1-16(2-4-17)13-19(26)24-5-7-25(8-6-24)20-22-18(15-28-20)14-23-9-11-27-12-10-23/h1-4,15H,5-14H2. The number of carbonyl (C=O) groups is 1. The average molecular weight is 405 g/mol. The van der Waals surface area contributed by atoms with E-state index in [0.717, 1.165) is 62.3 Å². The zero-order valence-electron chi connectivity index (χ0n) is 15.8. The monoisotopic (exact) mass is 404 g/mol. The van der Waals surface area contributed by atoms with Crippen molar-refractivity contribution < 1.29 is 13.9 Å². The lowest BCUT2D eigenvalue weighted by Crippen LogP contribution is -2.49. The third-order valence-electron chi connectivity index (χ3n) is 5.20. The van der Waals surface area contributed by atoms with Gasteiger partial charge in [0, 0.05) is 51.2 Å². The summed E-state index contributed by atoms with van der Waals surface area (Å²) in [6, 6.07) is 6.15. The lowest BCUT2D eigenvalue weighted by Gasteiger charge is -2.34. The summed E-state index contributed by atoms with van der Waals surface area (Å²) in [5.41, 5.74) is 1.96. The Morgan fingerprint density at radius 3 is 2.50 bits per heavy atom. The number of hydrogen-bond acceptors (Lipinski definition) is 6. The predicted octanol–water partition coefficient (Wildman–Crippen LogP) is 2.01. The highest BCUT2D eigenvalue weighted by molar-refractivity contribution is 7.13. The smallest absolute Gasteiger partial charge is 0.227 e. The number of piperazine rings is 1. The second-order valence-corrected chi connectivity index (χ2v) is 8.02. The van der Waals surface area contributed by atoms with Crippen LogP contribution in [0.5, 0.6) is 0 Å². The van der Waals surface area contributed by atoms with Crippen LogP contribution in [-0.4, -0.2) is 73.2 Å². The summed E-state index contributed by atoms with van der Waals surface area (Å²) in [6.07, 6.45) is 0.321. The summed E-state index contributed by atoms with van der Waals surface area (Å²) < 4.78 is 18.4. The first-order valence-electron chi connectivity index (χ1n) is 9.69. The van der Waals surface area contributed by atoms with Gasteiger partial charge in [-0.05, 0) is 17.7 Å². The Morgan fingerprint density at radius 1 is 1.07 bits per heavy atom. The van der Waals surface area contributed by atoms with Gasteiger partial charge >= 0.3 is 0 Å². The van der Waals surface area contributed by atoms with Crippen molar-refractivity contribution in [1.29, 1.82) is 0 Å². The third-order valence-corrected chi connectivity index (χ3v) is 6.15. The second kappa shape index (κ2) is 8.98. The van der Waals surface area contributed by atoms with Gasteiger partial charge in [-0.15, -0.1) is 11.3 Å². The van der Waals surface area contributed by atoms with Crippen LogP contribution < -0.4 is 4.90 Å². The molecule has 2 fully saturated rings. The van der Waals surface area contributed by atoms with E-state index in [1.54, 1.807) is 23.5 Å². The number of ether oxygens (including phenoxy) is 1. The minimum absolute atomic E-state index is 0.0957. The van der Waals surface area contributed by atoms with Gasteiger partial charge in [0.15, 0.2) is 5.13 Å². The normalized spacial score (nSPS) is 18.5. The zero-order valence-corrected chi connectivity index (χ0v) is 16.7. The van der Waals surface area contributed by atoms with E-state index < -0.39 is 0 Å². The van der Waals surface area contributed by atoms with Gasteiger partial charge in [0.25, 0.3) is 0 Å². The molecule has 2 saturated heterocycles. The predicted molar refractivity (Wildman–Crippen MR) is 107 cm³/mol. The van der Waals surface area contributed by atoms with Crippen LogP contribution in [-0.2, 0) is 22.5 Å². The van der Waals surface area contributed by atoms with Crippen LogP contribution in [0, 0.1) is 5.82 Å². The van der Waals surface area contributed by atoms with E-state index in [2.05, 4.69) is 15.2 Å². The number of thiazole rings is 1. The third kappa shape index (κ3) is 4.87. The molecule has 2 aliphatic heterocycles. The van der Waals surface area contributed by atoms with Gasteiger partial charge in [-0.3, -0.25) is 9.69 Å². The van der Waals surface area contributed by atoms with Crippen LogP contribution in [0.1, 0.15) is 11.3 Å². The molecule has 2 aliphatic rings. The van der Waals surface area contributed by atoms with Crippen molar-refractivity contribution in [2.24, 2.45) is 0 Å². The minimum atomic E-state index is -0.277. The molecule has 0 radical (unpaired) electrons. The summed E-state index contributed by atoms with van der Waals surface area (Å²) in [6.45, 7) is 7.35. The SMILES string of the molecule is O=C(Cc1ccc(F)cc1)N1CCN(c2nc(CN3CCOCC3)cs2)CC1. The van der Waals surface area contributed by atoms with Gasteiger partial charge in [0.2, 0.25) is 5.91 Å². The molecule has 0 atom stereocenters. The van der Waals surface area contributed by atoms with E-state index in [9.17, 15) is 9.18 Å². The number of benzene rings is 1. The quantitative estimate of drug-likeness (QED) is 0.763. The Morgan fingerprint density at radius 2 is 1.79 bits per heavy atom. The topological polar surface area (TPSA) is 48.9 Å². The fourth-order valence-electron chi connectivity index (χ4n) is 3.54. The van der Waals surface area contributed by atoms with Gasteiger partial charge < -0.3 is 14.5 Å². The van der Waals surface area contributed by atoms with Crippen molar-refractivity contribution in [2.45, 2.75) is 13.0 Å². The molecular formula is C20H25FN4O2S. The lowest BCUT2D eigenvalue weighted by atomic mass is 10.1. The van der Waals surface area contributed by atoms with E-state index in [1.807, 2.05) is 4.90 Å². The maximum absolute atomic E-state index is 13.0. The molecular weight excluding hydrogens is 379 g/mol. The zero-order chi connectivity index (χ0) is 19.3. The van der Waals surface area contributed by atoms with Crippen molar-refractivity contribution in [3.63, 3.8) is 0 Å². The highest BCUT2D eigenvalue weighted by atomic mass is 32.1. The van der Waals surface area contributed by atoms with E-state index in [-0.39, 0.29) is 11.7 Å². The van der Waals surface area contributed by atoms with Crippen LogP contribution in [0.2, 0.25) is 0 Å². The molecule has 1 aromatic carbocycles. The number of aromatic nitrogens is 1. The molecule has 0 aliphatic carbocycles. The molecule has 0 bridgehead atoms. The minimum Gasteiger partial charge on any atom is -0.379 e. The number of rotatable bonds is 5. The van der Waals surface area contributed by atoms with Crippen molar-refractivity contribution in [1.82, 2.24) is 14.8 Å². The van der Waals surface area contributed by atoms with Crippen LogP contribution in [0.25, 0.3) is 0 Å². The number of hydrogen-bond donors (Lipinski definition) is 0. The summed E-state index contributed by atoms with van der Waals surface area (Å²) in [5.74, 6) is -0.181. The maximum atomic E-state index is 13.0. The van der Waals surface area contributed by atoms with E-state index >= 15 is 0 Å². The number of anilines is 1. The summed E-state index contributed by atoms with van der Waals surface area (Å²) in [4.78, 5) is 23.8. The number of halogens is 1. The van der Waals surface area contributed by atoms with Crippen LogP contribution in [0.4, 0.5) is 9.52 Å². The molecule has 2 aromatic rings. The molecule has 1 amide bonds. The Bertz CT molecular complexity index is 784. The Kier molecular flexibility index (Phi) is 6.19. The Labute approximate surface area is 168 Å². The van der Waals surface area contributed by atoms with Crippen molar-refractivity contribution >= 4 is 22.4 Å². The van der Waals surface area contributed by atoms with Gasteiger partial charge in [-0.1, -0.05) is 12.1 Å². The maximum Gasteiger partial charge on any atom is 0.227 e. The van der Waals surface area contributed by atoms with E-state index in [0.29, 0.717) is 19.5 Å². The first-order chi connectivity index (χ1) is 13.7. The molecule has 8 heteroatoms. The van der Waals surface area contributed by atoms with Crippen molar-refractivity contribution in [3.05, 3.63) is 46.7 Å². The molecule has 4 rings (SSSR count). The van der Waals surface area contributed by atoms with Crippen LogP contribution in [0.15, 0.2) is 29.6 Å². The molecule has 0 saturated carbocycles. The van der Waals surface area contributed by atoms with Gasteiger partial charge in [-0.25, -0.2) is 9.37 Å². The number of morpholine rings is 1. The van der Waals surface area contributed by atoms with Gasteiger partial charge in [0.1, 0.15) is 5.82 Å². The van der Waals surface area contributed by atoms with Gasteiger partial charge in [0.05, 0.1) is 25.3 Å². The average Bonchev–Trinajstić information content (AvgIpc) is 3.19. The largest absolute Gasteiger partial charge is 0.379 e. The highest BCUT2D eigenvalue weighted by Crippen LogP contribution is 2.23. The lowest BCUT2D eigenvalue weighted by molar-refractivity contribution is -0.130.